The molecule has 0 amide bonds. The summed E-state index contributed by atoms with van der Waals surface area (Å²) in [4.78, 5) is 37.5. The molecule has 7 heteroatoms. The zero-order valence-corrected chi connectivity index (χ0v) is 28.8. The fourth-order valence-electron chi connectivity index (χ4n) is 7.11. The largest absolute Gasteiger partial charge is 0.464 e. The monoisotopic (exact) mass is 638 g/mol. The van der Waals surface area contributed by atoms with Crippen molar-refractivity contribution in [3.8, 4) is 0 Å². The van der Waals surface area contributed by atoms with Crippen LogP contribution in [0.1, 0.15) is 122 Å². The standard InChI is InChI=1S/C39H58O7/c1-7-8-9-10-30-11-13-31(14-12-30)32-15-17-33(18-16-32)34-19-21-35(22-20-34)39(24-44-36(41)27(2)3,25-45-37(42)28(4)5)26-46-38(43)29(6)23-40/h19-22,28,30-33,40H,2,6-18,23-26H2,1,3-5H3. The molecule has 7 nitrogen and oxygen atoms in total. The number of carbonyl (C=O) groups is 3. The summed E-state index contributed by atoms with van der Waals surface area (Å²) in [5, 5.41) is 9.37. The van der Waals surface area contributed by atoms with Crippen LogP contribution < -0.4 is 0 Å². The Bertz CT molecular complexity index is 1150. The lowest BCUT2D eigenvalue weighted by Crippen LogP contribution is -2.44. The molecule has 0 aliphatic heterocycles. The van der Waals surface area contributed by atoms with Crippen molar-refractivity contribution in [3.63, 3.8) is 0 Å². The number of esters is 3. The third-order valence-corrected chi connectivity index (χ3v) is 10.3. The van der Waals surface area contributed by atoms with E-state index in [4.69, 9.17) is 14.2 Å². The number of benzene rings is 1. The van der Waals surface area contributed by atoms with Crippen LogP contribution in [0.4, 0.5) is 0 Å². The highest BCUT2D eigenvalue weighted by Crippen LogP contribution is 2.45. The van der Waals surface area contributed by atoms with Gasteiger partial charge in [0, 0.05) is 5.57 Å². The van der Waals surface area contributed by atoms with Crippen molar-refractivity contribution in [2.24, 2.45) is 23.7 Å². The number of rotatable bonds is 17. The Morgan fingerprint density at radius 1 is 0.826 bits per heavy atom. The molecule has 1 atom stereocenters. The molecule has 46 heavy (non-hydrogen) atoms. The summed E-state index contributed by atoms with van der Waals surface area (Å²) in [5.74, 6) is 0.991. The summed E-state index contributed by atoms with van der Waals surface area (Å²) in [7, 11) is 0. The molecule has 1 unspecified atom stereocenters. The van der Waals surface area contributed by atoms with E-state index in [1.165, 1.54) is 82.6 Å². The van der Waals surface area contributed by atoms with Crippen LogP contribution in [0.5, 0.6) is 0 Å². The SMILES string of the molecule is C=C(C)C(=O)OCC(COC(=O)C(=C)CO)(COC(=O)C(C)C)c1ccc(C2CCC(C3CCC(CCCCC)CC3)CC2)cc1. The number of aliphatic hydroxyl groups is 1. The first-order valence-electron chi connectivity index (χ1n) is 17.5. The van der Waals surface area contributed by atoms with Gasteiger partial charge < -0.3 is 19.3 Å². The predicted octanol–water partition coefficient (Wildman–Crippen LogP) is 8.00. The summed E-state index contributed by atoms with van der Waals surface area (Å²) in [6.07, 6.45) is 16.0. The molecule has 2 fully saturated rings. The maximum absolute atomic E-state index is 12.5. The number of hydrogen-bond donors (Lipinski definition) is 1. The van der Waals surface area contributed by atoms with Gasteiger partial charge in [0.2, 0.25) is 0 Å². The van der Waals surface area contributed by atoms with Gasteiger partial charge in [0.1, 0.15) is 19.8 Å². The van der Waals surface area contributed by atoms with Gasteiger partial charge in [-0.25, -0.2) is 9.59 Å². The second-order valence-corrected chi connectivity index (χ2v) is 14.2. The zero-order valence-electron chi connectivity index (χ0n) is 28.8. The molecule has 256 valence electrons. The molecular formula is C39H58O7. The van der Waals surface area contributed by atoms with Gasteiger partial charge >= 0.3 is 17.9 Å². The molecule has 2 saturated carbocycles. The first-order chi connectivity index (χ1) is 22.0. The first kappa shape index (κ1) is 37.5. The molecule has 1 N–H and O–H groups in total. The Morgan fingerprint density at radius 3 is 1.89 bits per heavy atom. The van der Waals surface area contributed by atoms with Gasteiger partial charge in [-0.15, -0.1) is 0 Å². The van der Waals surface area contributed by atoms with E-state index in [0.29, 0.717) is 11.5 Å². The number of aliphatic hydroxyl groups excluding tert-OH is 1. The lowest BCUT2D eigenvalue weighted by Gasteiger charge is -2.38. The average molecular weight is 639 g/mol. The van der Waals surface area contributed by atoms with Gasteiger partial charge in [-0.2, -0.15) is 0 Å². The van der Waals surface area contributed by atoms with E-state index in [-0.39, 0.29) is 36.9 Å². The van der Waals surface area contributed by atoms with E-state index >= 15 is 0 Å². The van der Waals surface area contributed by atoms with Gasteiger partial charge in [-0.05, 0) is 80.2 Å². The lowest BCUT2D eigenvalue weighted by molar-refractivity contribution is -0.155. The van der Waals surface area contributed by atoms with Crippen molar-refractivity contribution in [1.82, 2.24) is 0 Å². The van der Waals surface area contributed by atoms with E-state index < -0.39 is 29.9 Å². The zero-order chi connectivity index (χ0) is 33.7. The van der Waals surface area contributed by atoms with Crippen LogP contribution in [0.3, 0.4) is 0 Å². The summed E-state index contributed by atoms with van der Waals surface area (Å²) < 4.78 is 16.8. The number of ether oxygens (including phenoxy) is 3. The van der Waals surface area contributed by atoms with Gasteiger partial charge in [-0.3, -0.25) is 4.79 Å². The minimum absolute atomic E-state index is 0.0991. The minimum atomic E-state index is -1.17. The number of hydrogen-bond acceptors (Lipinski definition) is 7. The topological polar surface area (TPSA) is 99.1 Å². The van der Waals surface area contributed by atoms with E-state index in [1.807, 2.05) is 12.1 Å². The molecule has 0 aromatic heterocycles. The molecule has 0 spiro atoms. The van der Waals surface area contributed by atoms with E-state index in [2.05, 4.69) is 32.2 Å². The third kappa shape index (κ3) is 10.8. The molecule has 3 rings (SSSR count). The highest BCUT2D eigenvalue weighted by atomic mass is 16.6. The molecule has 2 aliphatic carbocycles. The van der Waals surface area contributed by atoms with Crippen LogP contribution in [0.25, 0.3) is 0 Å². The quantitative estimate of drug-likeness (QED) is 0.0799. The molecule has 0 saturated heterocycles. The average Bonchev–Trinajstić information content (AvgIpc) is 3.07. The van der Waals surface area contributed by atoms with Crippen molar-refractivity contribution >= 4 is 17.9 Å². The minimum Gasteiger partial charge on any atom is -0.464 e. The van der Waals surface area contributed by atoms with Crippen LogP contribution in [-0.4, -0.2) is 49.4 Å². The maximum atomic E-state index is 12.5. The summed E-state index contributed by atoms with van der Waals surface area (Å²) >= 11 is 0. The summed E-state index contributed by atoms with van der Waals surface area (Å²) in [5.41, 5.74) is 0.934. The molecule has 2 aliphatic rings. The van der Waals surface area contributed by atoms with Crippen molar-refractivity contribution in [1.29, 1.82) is 0 Å². The Kier molecular flexibility index (Phi) is 15.0. The fraction of sp³-hybridized carbons (Fsp3) is 0.667. The highest BCUT2D eigenvalue weighted by molar-refractivity contribution is 5.88. The van der Waals surface area contributed by atoms with Crippen LogP contribution >= 0.6 is 0 Å². The van der Waals surface area contributed by atoms with Gasteiger partial charge in [-0.1, -0.05) is 96.7 Å². The smallest absolute Gasteiger partial charge is 0.335 e. The van der Waals surface area contributed by atoms with Crippen LogP contribution in [0.15, 0.2) is 48.6 Å². The van der Waals surface area contributed by atoms with E-state index in [0.717, 1.165) is 17.8 Å². The van der Waals surface area contributed by atoms with Crippen LogP contribution in [0, 0.1) is 23.7 Å². The second kappa shape index (κ2) is 18.4. The third-order valence-electron chi connectivity index (χ3n) is 10.3. The molecule has 0 bridgehead atoms. The normalized spacial score (nSPS) is 22.8. The molecule has 1 aromatic carbocycles. The Balaban J connectivity index is 1.72. The Morgan fingerprint density at radius 2 is 1.37 bits per heavy atom. The van der Waals surface area contributed by atoms with Gasteiger partial charge in [0.05, 0.1) is 23.5 Å². The van der Waals surface area contributed by atoms with Gasteiger partial charge in [0.15, 0.2) is 0 Å². The molecule has 0 heterocycles. The van der Waals surface area contributed by atoms with Crippen molar-refractivity contribution in [2.75, 3.05) is 26.4 Å². The molecule has 1 aromatic rings. The number of unbranched alkanes of at least 4 members (excludes halogenated alkanes) is 2. The van der Waals surface area contributed by atoms with Gasteiger partial charge in [0.25, 0.3) is 0 Å². The lowest BCUT2D eigenvalue weighted by atomic mass is 9.68. The Labute approximate surface area is 277 Å². The highest BCUT2D eigenvalue weighted by Gasteiger charge is 2.39. The molecular weight excluding hydrogens is 580 g/mol. The van der Waals surface area contributed by atoms with Crippen LogP contribution in [-0.2, 0) is 34.0 Å². The molecule has 0 radical (unpaired) electrons. The predicted molar refractivity (Wildman–Crippen MR) is 181 cm³/mol. The summed E-state index contributed by atoms with van der Waals surface area (Å²) in [6, 6.07) is 8.15. The van der Waals surface area contributed by atoms with E-state index in [1.54, 1.807) is 20.8 Å². The van der Waals surface area contributed by atoms with Crippen molar-refractivity contribution in [3.05, 3.63) is 59.7 Å². The van der Waals surface area contributed by atoms with Crippen LogP contribution in [0.2, 0.25) is 0 Å². The Hall–Kier alpha value is -2.93. The van der Waals surface area contributed by atoms with Crippen molar-refractivity contribution < 1.29 is 33.7 Å². The fourth-order valence-corrected chi connectivity index (χ4v) is 7.11. The second-order valence-electron chi connectivity index (χ2n) is 14.2. The maximum Gasteiger partial charge on any atom is 0.335 e. The van der Waals surface area contributed by atoms with Crippen molar-refractivity contribution in [2.45, 2.75) is 116 Å². The number of carbonyl (C=O) groups excluding carboxylic acids is 3. The van der Waals surface area contributed by atoms with E-state index in [9.17, 15) is 19.5 Å². The first-order valence-corrected chi connectivity index (χ1v) is 17.5. The summed E-state index contributed by atoms with van der Waals surface area (Å²) in [6.45, 7) is 13.4.